The maximum atomic E-state index is 13.2. The van der Waals surface area contributed by atoms with Crippen LogP contribution in [0, 0.1) is 0 Å². The Bertz CT molecular complexity index is 4470. The molecule has 9 N–H and O–H groups in total. The SMILES string of the molecule is C=C(O)CSc1cc(NS(=O)(=O)c2ccc(C3CCCCC3)cc2)c2ccccc2c1O.C=C(O)CSc1cc(NS(=O)(=O)c2ccc(C3CCCCCC3)cc2)c2ccccc2c1O.C=C(O)CSc1cc(NS(=O)(=O)c2ccc(N3CCCCCC3)cc2)c2ccccc2c1O. The third-order valence-electron chi connectivity index (χ3n) is 17.8. The van der Waals surface area contributed by atoms with Crippen molar-refractivity contribution in [3.8, 4) is 17.2 Å². The first kappa shape index (κ1) is 72.6. The van der Waals surface area contributed by atoms with Crippen LogP contribution in [0.3, 0.4) is 0 Å². The van der Waals surface area contributed by atoms with E-state index in [1.165, 1.54) is 104 Å². The summed E-state index contributed by atoms with van der Waals surface area (Å²) in [5.41, 5.74) is 4.55. The fraction of sp³-hybridized carbons (Fsp3) is 0.289. The van der Waals surface area contributed by atoms with Crippen molar-refractivity contribution < 1.29 is 55.9 Å². The van der Waals surface area contributed by atoms with Crippen molar-refractivity contribution in [2.75, 3.05) is 49.4 Å². The standard InChI is InChI=1S/C26H29NO4S2.C25H28N2O4S2.C25H27NO4S2/c1-18(28)17-32-25-16-24(22-10-6-7-11-23(22)26(25)29)27-33(30,31)21-14-12-20(13-15-21)19-8-4-2-3-5-9-19;1-18(28)17-32-24-16-23(21-8-4-5-9-22(21)25(24)29)26-33(30,31)20-12-10-19(11-13-20)27-14-6-2-3-7-15-27;1-17(27)16-31-24-15-23(21-9-5-6-10-22(21)25(24)28)26-32(29,30)20-13-11-19(12-14-20)18-7-3-2-4-8-18/h6-7,10-16,19,27-29H,1-5,8-9,17H2;4-5,8-13,16,26,28-29H,1-3,6-7,14-15,17H2;5-6,9-15,18,26-28H,1-4,7-8,16H2. The molecule has 0 unspecified atom stereocenters. The third kappa shape index (κ3) is 18.6. The highest BCUT2D eigenvalue weighted by Gasteiger charge is 2.25. The number of aliphatic hydroxyl groups is 3. The number of rotatable bonds is 21. The lowest BCUT2D eigenvalue weighted by Crippen LogP contribution is -2.23. The van der Waals surface area contributed by atoms with Crippen molar-refractivity contribution >= 4 is 120 Å². The van der Waals surface area contributed by atoms with E-state index in [1.807, 2.05) is 36.4 Å². The number of hydrogen-bond donors (Lipinski definition) is 9. The van der Waals surface area contributed by atoms with Gasteiger partial charge in [0, 0.05) is 51.1 Å². The van der Waals surface area contributed by atoms with Crippen LogP contribution in [0.4, 0.5) is 22.7 Å². The number of aromatic hydroxyl groups is 3. The molecule has 0 spiro atoms. The van der Waals surface area contributed by atoms with Gasteiger partial charge in [0.05, 0.1) is 81.0 Å². The highest BCUT2D eigenvalue weighted by Crippen LogP contribution is 2.45. The Kier molecular flexibility index (Phi) is 24.6. The van der Waals surface area contributed by atoms with Crippen molar-refractivity contribution in [2.45, 2.75) is 138 Å². The number of fused-ring (bicyclic) bond motifs is 3. The van der Waals surface area contributed by atoms with Crippen LogP contribution in [0.5, 0.6) is 17.2 Å². The summed E-state index contributed by atoms with van der Waals surface area (Å²) in [5.74, 6) is 1.65. The zero-order chi connectivity index (χ0) is 69.6. The third-order valence-corrected chi connectivity index (χ3v) is 25.2. The van der Waals surface area contributed by atoms with Crippen LogP contribution in [0.2, 0.25) is 0 Å². The minimum atomic E-state index is -3.85. The summed E-state index contributed by atoms with van der Waals surface area (Å²) in [6.07, 6.45) is 18.1. The molecule has 1 aliphatic heterocycles. The van der Waals surface area contributed by atoms with E-state index in [4.69, 9.17) is 0 Å². The number of hydrogen-bond acceptors (Lipinski definition) is 16. The number of nitrogens with zero attached hydrogens (tertiary/aromatic N) is 1. The van der Waals surface area contributed by atoms with E-state index in [2.05, 4.69) is 38.8 Å². The van der Waals surface area contributed by atoms with Gasteiger partial charge in [-0.1, -0.05) is 175 Å². The first-order valence-corrected chi connectivity index (χ1v) is 40.3. The van der Waals surface area contributed by atoms with Crippen LogP contribution < -0.4 is 19.1 Å². The smallest absolute Gasteiger partial charge is 0.261 e. The number of thioether (sulfide) groups is 3. The Balaban J connectivity index is 0.000000159. The average molecular weight is 1440 g/mol. The molecule has 1 saturated heterocycles. The lowest BCUT2D eigenvalue weighted by atomic mass is 9.84. The van der Waals surface area contributed by atoms with Gasteiger partial charge in [-0.15, -0.1) is 35.3 Å². The second-order valence-electron chi connectivity index (χ2n) is 24.9. The van der Waals surface area contributed by atoms with Gasteiger partial charge in [0.25, 0.3) is 30.1 Å². The van der Waals surface area contributed by atoms with Gasteiger partial charge in [0.15, 0.2) is 0 Å². The fourth-order valence-electron chi connectivity index (χ4n) is 12.7. The lowest BCUT2D eigenvalue weighted by Gasteiger charge is -2.22. The summed E-state index contributed by atoms with van der Waals surface area (Å²) in [5, 5.41) is 63.7. The highest BCUT2D eigenvalue weighted by atomic mass is 32.2. The molecule has 1 heterocycles. The summed E-state index contributed by atoms with van der Waals surface area (Å²) in [7, 11) is -11.5. The predicted octanol–water partition coefficient (Wildman–Crippen LogP) is 19.4. The summed E-state index contributed by atoms with van der Waals surface area (Å²) in [4.78, 5) is 4.27. The molecule has 0 atom stereocenters. The number of aliphatic hydroxyl groups excluding tert-OH is 3. The summed E-state index contributed by atoms with van der Waals surface area (Å²) in [6, 6.07) is 47.4. The molecule has 0 radical (unpaired) electrons. The zero-order valence-corrected chi connectivity index (χ0v) is 59.4. The average Bonchev–Trinajstić information content (AvgIpc) is 0.795. The number of sulfonamides is 3. The van der Waals surface area contributed by atoms with Gasteiger partial charge >= 0.3 is 0 Å². The molecule has 9 aromatic rings. The van der Waals surface area contributed by atoms with Crippen molar-refractivity contribution in [1.29, 1.82) is 0 Å². The molecule has 2 aliphatic carbocycles. The van der Waals surface area contributed by atoms with Gasteiger partial charge in [-0.25, -0.2) is 25.3 Å². The monoisotopic (exact) mass is 1440 g/mol. The molecule has 3 fully saturated rings. The van der Waals surface area contributed by atoms with Gasteiger partial charge in [-0.3, -0.25) is 14.2 Å². The van der Waals surface area contributed by atoms with Crippen LogP contribution in [-0.4, -0.2) is 86.2 Å². The van der Waals surface area contributed by atoms with Crippen LogP contribution in [-0.2, 0) is 30.1 Å². The lowest BCUT2D eigenvalue weighted by molar-refractivity contribution is 0.419. The van der Waals surface area contributed by atoms with Gasteiger partial charge in [0.2, 0.25) is 0 Å². The Morgan fingerprint density at radius 1 is 0.378 bits per heavy atom. The summed E-state index contributed by atoms with van der Waals surface area (Å²) in [6.45, 7) is 12.4. The minimum absolute atomic E-state index is 0.0246. The van der Waals surface area contributed by atoms with Gasteiger partial charge in [0.1, 0.15) is 17.2 Å². The molecular formula is C76H84N4O12S6. The molecule has 22 heteroatoms. The second kappa shape index (κ2) is 33.2. The highest BCUT2D eigenvalue weighted by molar-refractivity contribution is 8.00. The van der Waals surface area contributed by atoms with Crippen molar-refractivity contribution in [3.63, 3.8) is 0 Å². The number of anilines is 4. The maximum absolute atomic E-state index is 13.2. The Labute approximate surface area is 588 Å². The van der Waals surface area contributed by atoms with E-state index >= 15 is 0 Å². The van der Waals surface area contributed by atoms with E-state index < -0.39 is 30.1 Å². The van der Waals surface area contributed by atoms with E-state index in [0.29, 0.717) is 75.9 Å². The van der Waals surface area contributed by atoms with E-state index in [9.17, 15) is 55.9 Å². The van der Waals surface area contributed by atoms with Crippen LogP contribution >= 0.6 is 35.3 Å². The van der Waals surface area contributed by atoms with Crippen molar-refractivity contribution in [1.82, 2.24) is 0 Å². The maximum Gasteiger partial charge on any atom is 0.261 e. The molecule has 0 aromatic heterocycles. The molecule has 0 bridgehead atoms. The molecule has 0 amide bonds. The second-order valence-corrected chi connectivity index (χ2v) is 33.0. The van der Waals surface area contributed by atoms with Gasteiger partial charge in [-0.2, -0.15) is 0 Å². The first-order chi connectivity index (χ1) is 47.0. The van der Waals surface area contributed by atoms with Crippen molar-refractivity contribution in [3.05, 3.63) is 212 Å². The predicted molar refractivity (Wildman–Crippen MR) is 403 cm³/mol. The molecule has 16 nitrogen and oxygen atoms in total. The van der Waals surface area contributed by atoms with Gasteiger partial charge < -0.3 is 35.5 Å². The Hall–Kier alpha value is -8.12. The summed E-state index contributed by atoms with van der Waals surface area (Å²) >= 11 is 3.57. The van der Waals surface area contributed by atoms with Crippen LogP contribution in [0.25, 0.3) is 32.3 Å². The largest absolute Gasteiger partial charge is 0.512 e. The molecule has 9 aromatic carbocycles. The van der Waals surface area contributed by atoms with E-state index in [0.717, 1.165) is 57.3 Å². The van der Waals surface area contributed by atoms with E-state index in [-0.39, 0.29) is 66.5 Å². The van der Waals surface area contributed by atoms with Gasteiger partial charge in [-0.05, 0) is 128 Å². The molecule has 98 heavy (non-hydrogen) atoms. The molecule has 12 rings (SSSR count). The van der Waals surface area contributed by atoms with Crippen LogP contribution in [0.1, 0.15) is 119 Å². The topological polar surface area (TPSA) is 263 Å². The molecule has 2 saturated carbocycles. The normalized spacial score (nSPS) is 15.0. The molecule has 3 aliphatic rings. The molecular weight excluding hydrogens is 1350 g/mol. The quantitative estimate of drug-likeness (QED) is 0.0140. The Morgan fingerprint density at radius 3 is 0.939 bits per heavy atom. The summed E-state index contributed by atoms with van der Waals surface area (Å²) < 4.78 is 87.2. The number of phenols is 3. The number of phenolic OH excluding ortho intramolecular Hbond substituents is 3. The van der Waals surface area contributed by atoms with Crippen LogP contribution in [0.15, 0.2) is 230 Å². The number of nitrogens with one attached hydrogen (secondary N) is 3. The van der Waals surface area contributed by atoms with Crippen molar-refractivity contribution in [2.24, 2.45) is 0 Å². The fourth-order valence-corrected chi connectivity index (χ4v) is 18.3. The minimum Gasteiger partial charge on any atom is -0.512 e. The van der Waals surface area contributed by atoms with E-state index in [1.54, 1.807) is 127 Å². The first-order valence-electron chi connectivity index (χ1n) is 32.9. The number of benzene rings is 9. The Morgan fingerprint density at radius 2 is 0.643 bits per heavy atom. The molecule has 516 valence electrons. The zero-order valence-electron chi connectivity index (χ0n) is 54.5.